The normalized spacial score (nSPS) is 10.1. The maximum absolute atomic E-state index is 8.94. The fourth-order valence-electron chi connectivity index (χ4n) is 1.56. The molecule has 0 fully saturated rings. The Morgan fingerprint density at radius 1 is 1.44 bits per heavy atom. The third-order valence-electron chi connectivity index (χ3n) is 2.24. The van der Waals surface area contributed by atoms with Gasteiger partial charge in [-0.05, 0) is 30.7 Å². The number of benzene rings is 1. The van der Waals surface area contributed by atoms with Gasteiger partial charge in [-0.25, -0.2) is 0 Å². The summed E-state index contributed by atoms with van der Waals surface area (Å²) in [6.07, 6.45) is 0. The summed E-state index contributed by atoms with van der Waals surface area (Å²) in [6, 6.07) is 11.9. The van der Waals surface area contributed by atoms with Gasteiger partial charge in [-0.1, -0.05) is 28.1 Å². The molecule has 2 rings (SSSR count). The Morgan fingerprint density at radius 3 is 2.94 bits per heavy atom. The molecule has 0 aliphatic carbocycles. The van der Waals surface area contributed by atoms with Gasteiger partial charge in [-0.3, -0.25) is 4.68 Å². The summed E-state index contributed by atoms with van der Waals surface area (Å²) in [4.78, 5) is 0. The number of nitrogens with zero attached hydrogens (tertiary/aromatic N) is 3. The van der Waals surface area contributed by atoms with Crippen LogP contribution in [-0.4, -0.2) is 9.78 Å². The molecule has 0 atom stereocenters. The number of hydrogen-bond donors (Lipinski definition) is 0. The Balaban J connectivity index is 2.30. The van der Waals surface area contributed by atoms with Crippen LogP contribution in [0.1, 0.15) is 17.0 Å². The molecule has 0 amide bonds. The smallest absolute Gasteiger partial charge is 0.139 e. The number of nitriles is 1. The Hall–Kier alpha value is -1.60. The van der Waals surface area contributed by atoms with E-state index in [2.05, 4.69) is 27.1 Å². The highest BCUT2D eigenvalue weighted by Crippen LogP contribution is 2.13. The zero-order chi connectivity index (χ0) is 11.5. The van der Waals surface area contributed by atoms with Crippen LogP contribution in [0.15, 0.2) is 34.8 Å². The topological polar surface area (TPSA) is 41.6 Å². The first-order valence-electron chi connectivity index (χ1n) is 4.88. The van der Waals surface area contributed by atoms with Gasteiger partial charge in [-0.2, -0.15) is 10.4 Å². The summed E-state index contributed by atoms with van der Waals surface area (Å²) in [5.74, 6) is 0. The number of halogens is 1. The summed E-state index contributed by atoms with van der Waals surface area (Å²) in [7, 11) is 0. The van der Waals surface area contributed by atoms with Crippen LogP contribution < -0.4 is 0 Å². The molecule has 0 spiro atoms. The van der Waals surface area contributed by atoms with Crippen molar-refractivity contribution in [2.45, 2.75) is 13.5 Å². The maximum atomic E-state index is 8.94. The van der Waals surface area contributed by atoms with Gasteiger partial charge in [0.15, 0.2) is 0 Å². The van der Waals surface area contributed by atoms with Crippen molar-refractivity contribution in [3.8, 4) is 6.07 Å². The highest BCUT2D eigenvalue weighted by molar-refractivity contribution is 9.10. The van der Waals surface area contributed by atoms with Crippen LogP contribution in [0, 0.1) is 18.3 Å². The van der Waals surface area contributed by atoms with Crippen molar-refractivity contribution >= 4 is 15.9 Å². The second kappa shape index (κ2) is 4.50. The minimum atomic E-state index is 0.595. The maximum Gasteiger partial charge on any atom is 0.139 e. The monoisotopic (exact) mass is 275 g/mol. The molecule has 0 radical (unpaired) electrons. The average molecular weight is 276 g/mol. The number of aryl methyl sites for hydroxylation is 1. The quantitative estimate of drug-likeness (QED) is 0.846. The van der Waals surface area contributed by atoms with E-state index in [-0.39, 0.29) is 0 Å². The molecule has 0 saturated heterocycles. The van der Waals surface area contributed by atoms with Crippen LogP contribution in [-0.2, 0) is 6.54 Å². The highest BCUT2D eigenvalue weighted by Gasteiger charge is 2.05. The van der Waals surface area contributed by atoms with E-state index in [1.54, 1.807) is 10.7 Å². The molecule has 0 N–H and O–H groups in total. The number of aromatic nitrogens is 2. The molecule has 1 heterocycles. The van der Waals surface area contributed by atoms with Crippen LogP contribution in [0.3, 0.4) is 0 Å². The van der Waals surface area contributed by atoms with Gasteiger partial charge >= 0.3 is 0 Å². The van der Waals surface area contributed by atoms with Crippen molar-refractivity contribution in [3.05, 3.63) is 51.8 Å². The molecule has 2 aromatic rings. The van der Waals surface area contributed by atoms with Crippen LogP contribution in [0.25, 0.3) is 0 Å². The van der Waals surface area contributed by atoms with E-state index in [0.717, 1.165) is 15.7 Å². The zero-order valence-electron chi connectivity index (χ0n) is 8.81. The molecule has 0 saturated carbocycles. The standard InChI is InChI=1S/C12H10BrN3/c1-9-5-12(7-14)16(15-9)8-10-3-2-4-11(13)6-10/h2-6H,8H2,1H3. The fourth-order valence-corrected chi connectivity index (χ4v) is 2.01. The van der Waals surface area contributed by atoms with Gasteiger partial charge in [0.1, 0.15) is 11.8 Å². The summed E-state index contributed by atoms with van der Waals surface area (Å²) >= 11 is 3.42. The van der Waals surface area contributed by atoms with Crippen molar-refractivity contribution < 1.29 is 0 Å². The van der Waals surface area contributed by atoms with Gasteiger partial charge in [0.25, 0.3) is 0 Å². The van der Waals surface area contributed by atoms with Gasteiger partial charge < -0.3 is 0 Å². The van der Waals surface area contributed by atoms with E-state index in [1.807, 2.05) is 31.2 Å². The van der Waals surface area contributed by atoms with Crippen molar-refractivity contribution in [1.82, 2.24) is 9.78 Å². The van der Waals surface area contributed by atoms with Crippen LogP contribution >= 0.6 is 15.9 Å². The SMILES string of the molecule is Cc1cc(C#N)n(Cc2cccc(Br)c2)n1. The lowest BCUT2D eigenvalue weighted by Gasteiger charge is -2.03. The van der Waals surface area contributed by atoms with Crippen molar-refractivity contribution in [1.29, 1.82) is 5.26 Å². The molecule has 0 aliphatic heterocycles. The average Bonchev–Trinajstić information content (AvgIpc) is 2.59. The summed E-state index contributed by atoms with van der Waals surface area (Å²) < 4.78 is 2.75. The summed E-state index contributed by atoms with van der Waals surface area (Å²) in [5, 5.41) is 13.2. The molecule has 0 bridgehead atoms. The molecule has 1 aromatic carbocycles. The van der Waals surface area contributed by atoms with Crippen LogP contribution in [0.4, 0.5) is 0 Å². The lowest BCUT2D eigenvalue weighted by Crippen LogP contribution is -2.04. The Labute approximate surface area is 102 Å². The van der Waals surface area contributed by atoms with Crippen molar-refractivity contribution in [2.24, 2.45) is 0 Å². The molecule has 4 heteroatoms. The van der Waals surface area contributed by atoms with E-state index >= 15 is 0 Å². The predicted octanol–water partition coefficient (Wildman–Crippen LogP) is 2.87. The minimum Gasteiger partial charge on any atom is -0.250 e. The molecular formula is C12H10BrN3. The van der Waals surface area contributed by atoms with Crippen molar-refractivity contribution in [2.75, 3.05) is 0 Å². The van der Waals surface area contributed by atoms with Gasteiger partial charge in [0.05, 0.1) is 12.2 Å². The first-order valence-corrected chi connectivity index (χ1v) is 5.67. The van der Waals surface area contributed by atoms with E-state index in [1.165, 1.54) is 0 Å². The molecule has 3 nitrogen and oxygen atoms in total. The third kappa shape index (κ3) is 2.31. The minimum absolute atomic E-state index is 0.595. The molecule has 16 heavy (non-hydrogen) atoms. The highest BCUT2D eigenvalue weighted by atomic mass is 79.9. The van der Waals surface area contributed by atoms with E-state index in [0.29, 0.717) is 12.2 Å². The van der Waals surface area contributed by atoms with Crippen molar-refractivity contribution in [3.63, 3.8) is 0 Å². The summed E-state index contributed by atoms with van der Waals surface area (Å²) in [5.41, 5.74) is 2.58. The second-order valence-corrected chi connectivity index (χ2v) is 4.49. The van der Waals surface area contributed by atoms with Gasteiger partial charge in [-0.15, -0.1) is 0 Å². The molecule has 0 unspecified atom stereocenters. The first-order chi connectivity index (χ1) is 7.69. The van der Waals surface area contributed by atoms with E-state index < -0.39 is 0 Å². The first kappa shape index (κ1) is 10.9. The third-order valence-corrected chi connectivity index (χ3v) is 2.73. The molecule has 1 aromatic heterocycles. The Morgan fingerprint density at radius 2 is 2.25 bits per heavy atom. The Kier molecular flexibility index (Phi) is 3.07. The predicted molar refractivity (Wildman–Crippen MR) is 64.9 cm³/mol. The molecule has 80 valence electrons. The molecular weight excluding hydrogens is 266 g/mol. The largest absolute Gasteiger partial charge is 0.250 e. The Bertz CT molecular complexity index is 552. The lowest BCUT2D eigenvalue weighted by atomic mass is 10.2. The zero-order valence-corrected chi connectivity index (χ0v) is 10.4. The fraction of sp³-hybridized carbons (Fsp3) is 0.167. The van der Waals surface area contributed by atoms with E-state index in [9.17, 15) is 0 Å². The van der Waals surface area contributed by atoms with Crippen LogP contribution in [0.2, 0.25) is 0 Å². The molecule has 0 aliphatic rings. The summed E-state index contributed by atoms with van der Waals surface area (Å²) in [6.45, 7) is 2.51. The second-order valence-electron chi connectivity index (χ2n) is 3.57. The number of hydrogen-bond acceptors (Lipinski definition) is 2. The van der Waals surface area contributed by atoms with Crippen LogP contribution in [0.5, 0.6) is 0 Å². The lowest BCUT2D eigenvalue weighted by molar-refractivity contribution is 0.670. The van der Waals surface area contributed by atoms with Gasteiger partial charge in [0.2, 0.25) is 0 Å². The number of rotatable bonds is 2. The van der Waals surface area contributed by atoms with Gasteiger partial charge in [0, 0.05) is 4.47 Å². The van der Waals surface area contributed by atoms with E-state index in [4.69, 9.17) is 5.26 Å².